The van der Waals surface area contributed by atoms with E-state index < -0.39 is 66.3 Å². The highest BCUT2D eigenvalue weighted by Gasteiger charge is 2.46. The van der Waals surface area contributed by atoms with Crippen LogP contribution in [0.4, 0.5) is 0 Å². The maximum absolute atomic E-state index is 12.3. The normalized spacial score (nSPS) is 21.8. The number of phenols is 6. The van der Waals surface area contributed by atoms with E-state index in [1.54, 1.807) is 0 Å². The molecule has 14 heteroatoms. The zero-order valence-electron chi connectivity index (χ0n) is 22.5. The molecule has 0 bridgehead atoms. The lowest BCUT2D eigenvalue weighted by molar-refractivity contribution is -0.278. The van der Waals surface area contributed by atoms with Gasteiger partial charge in [0.1, 0.15) is 47.9 Å². The molecule has 1 saturated heterocycles. The zero-order valence-corrected chi connectivity index (χ0v) is 22.5. The van der Waals surface area contributed by atoms with Gasteiger partial charge in [-0.05, 0) is 35.9 Å². The fourth-order valence-corrected chi connectivity index (χ4v) is 4.44. The molecule has 4 aromatic rings. The molecule has 230 valence electrons. The molecule has 14 nitrogen and oxygen atoms in total. The molecule has 5 atom stereocenters. The molecule has 9 N–H and O–H groups in total. The summed E-state index contributed by atoms with van der Waals surface area (Å²) >= 11 is 0. The quantitative estimate of drug-likeness (QED) is 0.0629. The van der Waals surface area contributed by atoms with Gasteiger partial charge in [0.15, 0.2) is 23.0 Å². The molecule has 0 amide bonds. The molecule has 1 aliphatic heterocycles. The number of rotatable bonds is 7. The topological polar surface area (TPSA) is 238 Å². The van der Waals surface area contributed by atoms with Crippen LogP contribution in [0.3, 0.4) is 0 Å². The van der Waals surface area contributed by atoms with Crippen LogP contribution in [0.25, 0.3) is 28.4 Å². The van der Waals surface area contributed by atoms with Crippen LogP contribution >= 0.6 is 0 Å². The first-order chi connectivity index (χ1) is 20.9. The minimum Gasteiger partial charge on any atom is -0.507 e. The van der Waals surface area contributed by atoms with Gasteiger partial charge in [-0.3, -0.25) is 0 Å². The van der Waals surface area contributed by atoms with E-state index >= 15 is 0 Å². The second-order valence-electron chi connectivity index (χ2n) is 9.86. The third kappa shape index (κ3) is 6.23. The second-order valence-corrected chi connectivity index (χ2v) is 9.86. The van der Waals surface area contributed by atoms with Crippen molar-refractivity contribution < 1.29 is 69.4 Å². The van der Waals surface area contributed by atoms with E-state index in [1.165, 1.54) is 48.5 Å². The molecule has 3 aromatic carbocycles. The Morgan fingerprint density at radius 1 is 0.795 bits per heavy atom. The van der Waals surface area contributed by atoms with Gasteiger partial charge in [0.2, 0.25) is 12.0 Å². The number of fused-ring (bicyclic) bond motifs is 1. The molecule has 1 aliphatic rings. The average Bonchev–Trinajstić information content (AvgIpc) is 2.98. The van der Waals surface area contributed by atoms with Crippen LogP contribution in [-0.4, -0.2) is 89.2 Å². The molecule has 0 radical (unpaired) electrons. The molecular weight excluding hydrogens is 584 g/mol. The molecule has 0 aliphatic carbocycles. The van der Waals surface area contributed by atoms with Crippen molar-refractivity contribution in [3.8, 4) is 51.6 Å². The van der Waals surface area contributed by atoms with Crippen LogP contribution in [0, 0.1) is 0 Å². The summed E-state index contributed by atoms with van der Waals surface area (Å²) in [5.74, 6) is -3.55. The van der Waals surface area contributed by atoms with Crippen molar-refractivity contribution >= 4 is 23.0 Å². The molecule has 1 unspecified atom stereocenters. The van der Waals surface area contributed by atoms with Crippen molar-refractivity contribution in [1.82, 2.24) is 0 Å². The molecule has 0 saturated carbocycles. The van der Waals surface area contributed by atoms with E-state index in [2.05, 4.69) is 0 Å². The molecule has 0 spiro atoms. The Morgan fingerprint density at radius 2 is 1.50 bits per heavy atom. The summed E-state index contributed by atoms with van der Waals surface area (Å²) in [6, 6.07) is 11.1. The lowest BCUT2D eigenvalue weighted by atomic mass is 9.99. The smallest absolute Gasteiger partial charge is 0.402 e. The molecule has 1 fully saturated rings. The van der Waals surface area contributed by atoms with E-state index in [0.717, 1.165) is 18.2 Å². The van der Waals surface area contributed by atoms with Crippen molar-refractivity contribution in [3.63, 3.8) is 0 Å². The first-order valence-electron chi connectivity index (χ1n) is 13.0. The average molecular weight is 612 g/mol. The van der Waals surface area contributed by atoms with Gasteiger partial charge in [-0.1, -0.05) is 6.07 Å². The van der Waals surface area contributed by atoms with Crippen molar-refractivity contribution in [2.24, 2.45) is 0 Å². The number of aromatic hydroxyl groups is 6. The summed E-state index contributed by atoms with van der Waals surface area (Å²) in [6.45, 7) is -0.588. The van der Waals surface area contributed by atoms with E-state index in [-0.39, 0.29) is 39.5 Å². The monoisotopic (exact) mass is 611 g/mol. The van der Waals surface area contributed by atoms with E-state index in [4.69, 9.17) is 18.6 Å². The van der Waals surface area contributed by atoms with E-state index in [1.807, 2.05) is 0 Å². The second kappa shape index (κ2) is 12.1. The van der Waals surface area contributed by atoms with Crippen LogP contribution in [0.2, 0.25) is 0 Å². The number of hydrogen-bond donors (Lipinski definition) is 9. The predicted molar refractivity (Wildman–Crippen MR) is 150 cm³/mol. The summed E-state index contributed by atoms with van der Waals surface area (Å²) in [5.41, 5.74) is 0.529. The first kappa shape index (κ1) is 30.2. The third-order valence-electron chi connectivity index (χ3n) is 6.77. The van der Waals surface area contributed by atoms with Gasteiger partial charge in [0.05, 0.1) is 11.6 Å². The summed E-state index contributed by atoms with van der Waals surface area (Å²) in [6.07, 6.45) is -6.13. The van der Waals surface area contributed by atoms with Crippen LogP contribution in [0.1, 0.15) is 5.56 Å². The number of aliphatic hydroxyl groups excluding tert-OH is 3. The van der Waals surface area contributed by atoms with Crippen LogP contribution in [0.15, 0.2) is 65.1 Å². The Morgan fingerprint density at radius 3 is 2.20 bits per heavy atom. The lowest BCUT2D eigenvalue weighted by Gasteiger charge is -2.39. The molecular formula is C30H27O14+. The van der Waals surface area contributed by atoms with E-state index in [9.17, 15) is 50.8 Å². The molecule has 5 rings (SSSR count). The maximum atomic E-state index is 12.3. The molecule has 44 heavy (non-hydrogen) atoms. The number of phenolic OH excluding ortho intramolecular Hbond substituents is 6. The highest BCUT2D eigenvalue weighted by molar-refractivity contribution is 5.89. The Bertz CT molecular complexity index is 1740. The van der Waals surface area contributed by atoms with Gasteiger partial charge < -0.3 is 60.2 Å². The fourth-order valence-electron chi connectivity index (χ4n) is 4.44. The Balaban J connectivity index is 1.39. The Hall–Kier alpha value is -5.28. The first-order valence-corrected chi connectivity index (χ1v) is 13.0. The van der Waals surface area contributed by atoms with Crippen molar-refractivity contribution in [3.05, 3.63) is 66.2 Å². The molecule has 1 aromatic heterocycles. The van der Waals surface area contributed by atoms with Gasteiger partial charge >= 0.3 is 17.3 Å². The highest BCUT2D eigenvalue weighted by Crippen LogP contribution is 2.42. The Kier molecular flexibility index (Phi) is 8.33. The SMILES string of the molecule is O=C(C=Cc1ccc(O)c(O)c1)OC[C@H]1OC(Oc2cc3c(O)cc(O)cc3[o+]c2-c2ccc(O)c(O)c2)[C@H](O)[C@@H](O)[C@H]1O. The lowest BCUT2D eigenvalue weighted by Crippen LogP contribution is -2.60. The van der Waals surface area contributed by atoms with Crippen molar-refractivity contribution in [2.45, 2.75) is 30.7 Å². The number of ether oxygens (including phenoxy) is 3. The highest BCUT2D eigenvalue weighted by atomic mass is 16.7. The number of benzene rings is 3. The fraction of sp³-hybridized carbons (Fsp3) is 0.200. The van der Waals surface area contributed by atoms with E-state index in [0.29, 0.717) is 5.56 Å². The molecule has 2 heterocycles. The van der Waals surface area contributed by atoms with Gasteiger partial charge in [0, 0.05) is 24.3 Å². The maximum Gasteiger partial charge on any atom is 0.402 e. The predicted octanol–water partition coefficient (Wildman–Crippen LogP) is 2.06. The van der Waals surface area contributed by atoms with Crippen LogP contribution in [0.5, 0.6) is 40.2 Å². The number of hydrogen-bond acceptors (Lipinski definition) is 13. The number of aliphatic hydroxyl groups is 3. The summed E-state index contributed by atoms with van der Waals surface area (Å²) in [4.78, 5) is 12.3. The summed E-state index contributed by atoms with van der Waals surface area (Å²) in [5, 5.41) is 90.8. The zero-order chi connectivity index (χ0) is 31.7. The third-order valence-corrected chi connectivity index (χ3v) is 6.77. The standard InChI is InChI=1S/C30H26O14/c31-15-9-19(34)16-11-23(29(42-22(16)10-15)14-3-5-18(33)21(36)8-14)43-30-28(40)27(39)26(38)24(44-30)12-41-25(37)6-2-13-1-4-17(32)20(35)7-13/h1-11,24,26-28,30,38-40H,12H2,(H5-,31,32,33,34,35,36,37)/p+1/t24-,26+,27+,28-,30?/m1/s1. The number of carbonyl (C=O) groups excluding carboxylic acids is 1. The van der Waals surface area contributed by atoms with Crippen molar-refractivity contribution in [2.75, 3.05) is 6.61 Å². The van der Waals surface area contributed by atoms with Crippen LogP contribution < -0.4 is 4.74 Å². The minimum absolute atomic E-state index is 0.00153. The largest absolute Gasteiger partial charge is 0.507 e. The summed E-state index contributed by atoms with van der Waals surface area (Å²) < 4.78 is 22.5. The van der Waals surface area contributed by atoms with Gasteiger partial charge in [0.25, 0.3) is 0 Å². The summed E-state index contributed by atoms with van der Waals surface area (Å²) in [7, 11) is 0. The van der Waals surface area contributed by atoms with Crippen molar-refractivity contribution in [1.29, 1.82) is 0 Å². The number of esters is 1. The Labute approximate surface area is 247 Å². The van der Waals surface area contributed by atoms with Crippen LogP contribution in [-0.2, 0) is 14.3 Å². The number of carbonyl (C=O) groups is 1. The minimum atomic E-state index is -1.83. The van der Waals surface area contributed by atoms with Gasteiger partial charge in [-0.2, -0.15) is 0 Å². The van der Waals surface area contributed by atoms with Gasteiger partial charge in [-0.25, -0.2) is 9.21 Å². The van der Waals surface area contributed by atoms with Gasteiger partial charge in [-0.15, -0.1) is 0 Å².